The first-order valence-corrected chi connectivity index (χ1v) is 7.31. The molecule has 0 aromatic heterocycles. The Balaban J connectivity index is 4.44. The Morgan fingerprint density at radius 2 is 1.69 bits per heavy atom. The van der Waals surface area contributed by atoms with Crippen molar-refractivity contribution in [3.8, 4) is 0 Å². The van der Waals surface area contributed by atoms with Crippen molar-refractivity contribution in [1.82, 2.24) is 0 Å². The number of aliphatic hydroxyl groups is 2. The van der Waals surface area contributed by atoms with Crippen molar-refractivity contribution in [2.24, 2.45) is 0 Å². The molecule has 0 aliphatic rings. The van der Waals surface area contributed by atoms with Gasteiger partial charge in [-0.3, -0.25) is 0 Å². The van der Waals surface area contributed by atoms with Crippen molar-refractivity contribution >= 4 is 8.80 Å². The predicted octanol–water partition coefficient (Wildman–Crippen LogP) is 0.776. The molecule has 0 aliphatic heterocycles. The Bertz CT molecular complexity index is 188. The smallest absolute Gasteiger partial charge is 0.394 e. The highest BCUT2D eigenvalue weighted by Crippen LogP contribution is 2.23. The van der Waals surface area contributed by atoms with Gasteiger partial charge in [-0.25, -0.2) is 0 Å². The summed E-state index contributed by atoms with van der Waals surface area (Å²) in [6, 6.07) is 0.485. The number of hydrogen-bond donors (Lipinski definition) is 2. The maximum atomic E-state index is 9.32. The van der Waals surface area contributed by atoms with E-state index in [2.05, 4.69) is 0 Å². The van der Waals surface area contributed by atoms with Gasteiger partial charge in [0, 0.05) is 20.3 Å². The quantitative estimate of drug-likeness (QED) is 0.655. The summed E-state index contributed by atoms with van der Waals surface area (Å²) in [5, 5.41) is 18.1. The highest BCUT2D eigenvalue weighted by atomic mass is 28.4. The van der Waals surface area contributed by atoms with E-state index in [0.29, 0.717) is 12.5 Å². The number of aliphatic hydroxyl groups excluding tert-OH is 2. The lowest BCUT2D eigenvalue weighted by Gasteiger charge is -2.33. The van der Waals surface area contributed by atoms with Crippen LogP contribution in [-0.2, 0) is 13.3 Å². The first-order chi connectivity index (χ1) is 7.28. The van der Waals surface area contributed by atoms with Gasteiger partial charge in [0.2, 0.25) is 0 Å². The molecular weight excluding hydrogens is 228 g/mol. The molecule has 1 unspecified atom stereocenters. The van der Waals surface area contributed by atoms with Crippen LogP contribution in [0.2, 0.25) is 6.04 Å². The SMILES string of the molecule is CO[Si](CCC(O)CO)(OC)OC(C)(C)C. The van der Waals surface area contributed by atoms with Gasteiger partial charge < -0.3 is 23.5 Å². The Morgan fingerprint density at radius 3 is 2.00 bits per heavy atom. The molecule has 0 rings (SSSR count). The van der Waals surface area contributed by atoms with Crippen LogP contribution in [-0.4, -0.2) is 51.5 Å². The standard InChI is InChI=1S/C10H24O5Si/c1-10(2,3)15-16(13-4,14-5)7-6-9(12)8-11/h9,11-12H,6-8H2,1-5H3. The molecule has 5 nitrogen and oxygen atoms in total. The summed E-state index contributed by atoms with van der Waals surface area (Å²) in [7, 11) is 0.368. The molecule has 0 heterocycles. The van der Waals surface area contributed by atoms with Crippen LogP contribution in [0, 0.1) is 0 Å². The van der Waals surface area contributed by atoms with Crippen LogP contribution in [0.3, 0.4) is 0 Å². The maximum Gasteiger partial charge on any atom is 0.500 e. The van der Waals surface area contributed by atoms with E-state index in [0.717, 1.165) is 0 Å². The van der Waals surface area contributed by atoms with Gasteiger partial charge in [-0.05, 0) is 27.2 Å². The van der Waals surface area contributed by atoms with E-state index in [-0.39, 0.29) is 12.2 Å². The lowest BCUT2D eigenvalue weighted by molar-refractivity contribution is 0.0117. The molecule has 0 aliphatic carbocycles. The molecule has 16 heavy (non-hydrogen) atoms. The zero-order chi connectivity index (χ0) is 12.8. The second-order valence-corrected chi connectivity index (χ2v) is 7.57. The van der Waals surface area contributed by atoms with E-state index < -0.39 is 14.9 Å². The average molecular weight is 252 g/mol. The second-order valence-electron chi connectivity index (χ2n) is 4.68. The summed E-state index contributed by atoms with van der Waals surface area (Å²) >= 11 is 0. The van der Waals surface area contributed by atoms with Crippen molar-refractivity contribution < 1.29 is 23.5 Å². The monoisotopic (exact) mass is 252 g/mol. The largest absolute Gasteiger partial charge is 0.500 e. The van der Waals surface area contributed by atoms with E-state index in [9.17, 15) is 5.11 Å². The van der Waals surface area contributed by atoms with Crippen LogP contribution in [0.1, 0.15) is 27.2 Å². The Labute approximate surface area is 98.7 Å². The van der Waals surface area contributed by atoms with Crippen LogP contribution in [0.4, 0.5) is 0 Å². The highest BCUT2D eigenvalue weighted by molar-refractivity contribution is 6.60. The number of rotatable bonds is 7. The van der Waals surface area contributed by atoms with Crippen LogP contribution < -0.4 is 0 Å². The summed E-state index contributed by atoms with van der Waals surface area (Å²) in [4.78, 5) is 0. The summed E-state index contributed by atoms with van der Waals surface area (Å²) in [6.07, 6.45) is -0.346. The molecule has 0 bridgehead atoms. The molecule has 0 fully saturated rings. The lowest BCUT2D eigenvalue weighted by atomic mass is 10.2. The summed E-state index contributed by atoms with van der Waals surface area (Å²) in [6.45, 7) is 5.52. The third-order valence-electron chi connectivity index (χ3n) is 2.08. The van der Waals surface area contributed by atoms with Gasteiger partial charge in [-0.1, -0.05) is 0 Å². The van der Waals surface area contributed by atoms with E-state index in [1.54, 1.807) is 14.2 Å². The van der Waals surface area contributed by atoms with Crippen LogP contribution in [0.15, 0.2) is 0 Å². The van der Waals surface area contributed by atoms with Crippen LogP contribution in [0.5, 0.6) is 0 Å². The Morgan fingerprint density at radius 1 is 1.19 bits per heavy atom. The Kier molecular flexibility index (Phi) is 6.69. The van der Waals surface area contributed by atoms with Gasteiger partial charge in [0.1, 0.15) is 0 Å². The molecule has 0 saturated carbocycles. The van der Waals surface area contributed by atoms with Crippen molar-refractivity contribution in [3.05, 3.63) is 0 Å². The summed E-state index contributed by atoms with van der Waals surface area (Å²) in [5.41, 5.74) is -0.359. The molecule has 0 spiro atoms. The minimum Gasteiger partial charge on any atom is -0.394 e. The number of hydrogen-bond acceptors (Lipinski definition) is 5. The van der Waals surface area contributed by atoms with E-state index in [1.165, 1.54) is 0 Å². The topological polar surface area (TPSA) is 68.2 Å². The normalized spacial score (nSPS) is 15.2. The molecule has 0 amide bonds. The van der Waals surface area contributed by atoms with Crippen molar-refractivity contribution in [2.75, 3.05) is 20.8 Å². The molecule has 0 radical (unpaired) electrons. The fraction of sp³-hybridized carbons (Fsp3) is 1.00. The predicted molar refractivity (Wildman–Crippen MR) is 63.1 cm³/mol. The van der Waals surface area contributed by atoms with Gasteiger partial charge in [0.15, 0.2) is 0 Å². The fourth-order valence-electron chi connectivity index (χ4n) is 1.32. The molecule has 0 aromatic rings. The zero-order valence-electron chi connectivity index (χ0n) is 10.8. The minimum atomic E-state index is -2.73. The fourth-order valence-corrected chi connectivity index (χ4v) is 3.79. The molecule has 0 saturated heterocycles. The van der Waals surface area contributed by atoms with Crippen molar-refractivity contribution in [3.63, 3.8) is 0 Å². The van der Waals surface area contributed by atoms with Crippen molar-refractivity contribution in [1.29, 1.82) is 0 Å². The minimum absolute atomic E-state index is 0.257. The van der Waals surface area contributed by atoms with Gasteiger partial charge >= 0.3 is 8.80 Å². The van der Waals surface area contributed by atoms with Gasteiger partial charge in [-0.15, -0.1) is 0 Å². The third kappa shape index (κ3) is 5.93. The van der Waals surface area contributed by atoms with E-state index in [1.807, 2.05) is 20.8 Å². The maximum absolute atomic E-state index is 9.32. The molecule has 6 heteroatoms. The first-order valence-electron chi connectivity index (χ1n) is 5.38. The molecule has 0 aromatic carbocycles. The van der Waals surface area contributed by atoms with E-state index in [4.69, 9.17) is 18.4 Å². The lowest BCUT2D eigenvalue weighted by Crippen LogP contribution is -2.49. The first kappa shape index (κ1) is 16.0. The summed E-state index contributed by atoms with van der Waals surface area (Å²) < 4.78 is 16.5. The Hall–Kier alpha value is 0.0169. The molecule has 2 N–H and O–H groups in total. The van der Waals surface area contributed by atoms with E-state index >= 15 is 0 Å². The van der Waals surface area contributed by atoms with Crippen LogP contribution in [0.25, 0.3) is 0 Å². The average Bonchev–Trinajstić information content (AvgIpc) is 2.22. The summed E-state index contributed by atoms with van der Waals surface area (Å²) in [5.74, 6) is 0. The molecule has 98 valence electrons. The van der Waals surface area contributed by atoms with Crippen LogP contribution >= 0.6 is 0 Å². The zero-order valence-corrected chi connectivity index (χ0v) is 11.8. The third-order valence-corrected chi connectivity index (χ3v) is 5.15. The molecular formula is C10H24O5Si. The van der Waals surface area contributed by atoms with Crippen molar-refractivity contribution in [2.45, 2.75) is 44.9 Å². The second kappa shape index (κ2) is 6.68. The van der Waals surface area contributed by atoms with Gasteiger partial charge in [0.05, 0.1) is 18.3 Å². The molecule has 1 atom stereocenters. The van der Waals surface area contributed by atoms with Gasteiger partial charge in [0.25, 0.3) is 0 Å². The highest BCUT2D eigenvalue weighted by Gasteiger charge is 2.42. The van der Waals surface area contributed by atoms with Gasteiger partial charge in [-0.2, -0.15) is 0 Å².